The van der Waals surface area contributed by atoms with E-state index in [2.05, 4.69) is 11.4 Å². The molecule has 6 nitrogen and oxygen atoms in total. The highest BCUT2D eigenvalue weighted by atomic mass is 32.1. The largest absolute Gasteiger partial charge is 0.497 e. The molecule has 2 amide bonds. The fourth-order valence-electron chi connectivity index (χ4n) is 3.78. The molecule has 1 aromatic heterocycles. The van der Waals surface area contributed by atoms with Gasteiger partial charge < -0.3 is 19.3 Å². The zero-order chi connectivity index (χ0) is 21.7. The van der Waals surface area contributed by atoms with Crippen molar-refractivity contribution in [1.82, 2.24) is 9.80 Å². The molecule has 0 bridgehead atoms. The first kappa shape index (κ1) is 22.2. The van der Waals surface area contributed by atoms with Crippen molar-refractivity contribution in [3.05, 3.63) is 46.2 Å². The predicted molar refractivity (Wildman–Crippen MR) is 118 cm³/mol. The number of methoxy groups -OCH3 is 1. The van der Waals surface area contributed by atoms with Gasteiger partial charge in [-0.1, -0.05) is 13.0 Å². The lowest BCUT2D eigenvalue weighted by atomic mass is 10.00. The third kappa shape index (κ3) is 4.95. The van der Waals surface area contributed by atoms with Gasteiger partial charge in [0.1, 0.15) is 18.1 Å². The van der Waals surface area contributed by atoms with E-state index < -0.39 is 0 Å². The number of carbonyl (C=O) groups is 2. The number of thiophene rings is 1. The standard InChI is InChI=1S/C23H30N2O4S/c1-5-16(2)25(17(3)26)14-23(27)24-11-9-22-20(10-12-30-22)21(24)15-29-19-8-6-7-18(13-19)28-4/h6-8,10,12-13,16,21H,5,9,11,14-15H2,1-4H3/t16-,21+/m0/s1. The van der Waals surface area contributed by atoms with Gasteiger partial charge in [0, 0.05) is 30.5 Å². The summed E-state index contributed by atoms with van der Waals surface area (Å²) >= 11 is 1.72. The van der Waals surface area contributed by atoms with E-state index in [4.69, 9.17) is 9.47 Å². The van der Waals surface area contributed by atoms with Gasteiger partial charge in [0.25, 0.3) is 0 Å². The Morgan fingerprint density at radius 1 is 1.30 bits per heavy atom. The normalized spacial score (nSPS) is 16.5. The molecule has 0 N–H and O–H groups in total. The van der Waals surface area contributed by atoms with Crippen LogP contribution in [-0.4, -0.2) is 54.5 Å². The fourth-order valence-corrected chi connectivity index (χ4v) is 4.70. The molecule has 1 aromatic carbocycles. The van der Waals surface area contributed by atoms with E-state index in [1.807, 2.05) is 43.0 Å². The Hall–Kier alpha value is -2.54. The summed E-state index contributed by atoms with van der Waals surface area (Å²) in [5.41, 5.74) is 1.14. The van der Waals surface area contributed by atoms with Crippen LogP contribution in [0.25, 0.3) is 0 Å². The van der Waals surface area contributed by atoms with Crippen LogP contribution in [0.1, 0.15) is 43.7 Å². The van der Waals surface area contributed by atoms with Crippen molar-refractivity contribution in [2.24, 2.45) is 0 Å². The van der Waals surface area contributed by atoms with Crippen LogP contribution in [0.2, 0.25) is 0 Å². The fraction of sp³-hybridized carbons (Fsp3) is 0.478. The number of amides is 2. The smallest absolute Gasteiger partial charge is 0.242 e. The summed E-state index contributed by atoms with van der Waals surface area (Å²) in [7, 11) is 1.62. The Labute approximate surface area is 182 Å². The second kappa shape index (κ2) is 9.98. The van der Waals surface area contributed by atoms with Crippen LogP contribution < -0.4 is 9.47 Å². The Bertz CT molecular complexity index is 882. The maximum Gasteiger partial charge on any atom is 0.242 e. The molecule has 30 heavy (non-hydrogen) atoms. The van der Waals surface area contributed by atoms with Gasteiger partial charge in [0.2, 0.25) is 11.8 Å². The van der Waals surface area contributed by atoms with Crippen LogP contribution >= 0.6 is 11.3 Å². The third-order valence-electron chi connectivity index (χ3n) is 5.70. The average molecular weight is 431 g/mol. The first-order valence-corrected chi connectivity index (χ1v) is 11.2. The minimum Gasteiger partial charge on any atom is -0.497 e. The molecule has 2 aromatic rings. The molecule has 0 radical (unpaired) electrons. The average Bonchev–Trinajstić information content (AvgIpc) is 3.24. The van der Waals surface area contributed by atoms with Crippen molar-refractivity contribution in [3.63, 3.8) is 0 Å². The van der Waals surface area contributed by atoms with Crippen molar-refractivity contribution >= 4 is 23.2 Å². The van der Waals surface area contributed by atoms with Gasteiger partial charge in [0.05, 0.1) is 19.7 Å². The molecular formula is C23H30N2O4S. The molecule has 1 aliphatic rings. The zero-order valence-electron chi connectivity index (χ0n) is 18.1. The monoisotopic (exact) mass is 430 g/mol. The van der Waals surface area contributed by atoms with Crippen molar-refractivity contribution in [2.45, 2.75) is 45.7 Å². The van der Waals surface area contributed by atoms with Gasteiger partial charge in [-0.3, -0.25) is 9.59 Å². The van der Waals surface area contributed by atoms with E-state index >= 15 is 0 Å². The van der Waals surface area contributed by atoms with Gasteiger partial charge >= 0.3 is 0 Å². The maximum absolute atomic E-state index is 13.2. The number of rotatable bonds is 8. The van der Waals surface area contributed by atoms with E-state index in [1.54, 1.807) is 23.3 Å². The predicted octanol–water partition coefficient (Wildman–Crippen LogP) is 3.91. The highest BCUT2D eigenvalue weighted by molar-refractivity contribution is 7.10. The molecule has 0 fully saturated rings. The summed E-state index contributed by atoms with van der Waals surface area (Å²) in [6.07, 6.45) is 1.64. The number of fused-ring (bicyclic) bond motifs is 1. The SMILES string of the molecule is CC[C@H](C)N(CC(=O)N1CCc2sccc2[C@H]1COc1cccc(OC)c1)C(C)=O. The molecule has 0 saturated carbocycles. The molecule has 0 unspecified atom stereocenters. The van der Waals surface area contributed by atoms with Crippen LogP contribution in [-0.2, 0) is 16.0 Å². The molecule has 1 aliphatic heterocycles. The molecule has 7 heteroatoms. The maximum atomic E-state index is 13.2. The molecular weight excluding hydrogens is 400 g/mol. The van der Waals surface area contributed by atoms with Gasteiger partial charge in [-0.2, -0.15) is 0 Å². The molecule has 2 atom stereocenters. The Morgan fingerprint density at radius 3 is 2.77 bits per heavy atom. The summed E-state index contributed by atoms with van der Waals surface area (Å²) in [6, 6.07) is 9.40. The van der Waals surface area contributed by atoms with E-state index in [1.165, 1.54) is 11.8 Å². The molecule has 162 valence electrons. The summed E-state index contributed by atoms with van der Waals surface area (Å²) in [5, 5.41) is 2.07. The lowest BCUT2D eigenvalue weighted by Crippen LogP contribution is -2.49. The number of carbonyl (C=O) groups excluding carboxylic acids is 2. The summed E-state index contributed by atoms with van der Waals surface area (Å²) in [4.78, 5) is 30.2. The van der Waals surface area contributed by atoms with Crippen molar-refractivity contribution < 1.29 is 19.1 Å². The van der Waals surface area contributed by atoms with Crippen LogP contribution in [0, 0.1) is 0 Å². The summed E-state index contributed by atoms with van der Waals surface area (Å²) in [5.74, 6) is 1.32. The third-order valence-corrected chi connectivity index (χ3v) is 6.69. The molecule has 0 spiro atoms. The van der Waals surface area contributed by atoms with Crippen LogP contribution in [0.4, 0.5) is 0 Å². The van der Waals surface area contributed by atoms with Crippen molar-refractivity contribution in [3.8, 4) is 11.5 Å². The first-order valence-electron chi connectivity index (χ1n) is 10.3. The van der Waals surface area contributed by atoms with Crippen LogP contribution in [0.5, 0.6) is 11.5 Å². The second-order valence-electron chi connectivity index (χ2n) is 7.55. The van der Waals surface area contributed by atoms with E-state index in [0.29, 0.717) is 18.9 Å². The van der Waals surface area contributed by atoms with Crippen molar-refractivity contribution in [1.29, 1.82) is 0 Å². The van der Waals surface area contributed by atoms with E-state index in [9.17, 15) is 9.59 Å². The van der Waals surface area contributed by atoms with Gasteiger partial charge in [-0.05, 0) is 48.9 Å². The highest BCUT2D eigenvalue weighted by Gasteiger charge is 2.33. The van der Waals surface area contributed by atoms with Crippen molar-refractivity contribution in [2.75, 3.05) is 26.8 Å². The second-order valence-corrected chi connectivity index (χ2v) is 8.55. The quantitative estimate of drug-likeness (QED) is 0.637. The Balaban J connectivity index is 1.78. The number of ether oxygens (including phenoxy) is 2. The Morgan fingerprint density at radius 2 is 2.07 bits per heavy atom. The number of hydrogen-bond acceptors (Lipinski definition) is 5. The minimum absolute atomic E-state index is 0.0273. The number of hydrogen-bond donors (Lipinski definition) is 0. The zero-order valence-corrected chi connectivity index (χ0v) is 18.9. The van der Waals surface area contributed by atoms with E-state index in [0.717, 1.165) is 24.2 Å². The minimum atomic E-state index is -0.176. The number of benzene rings is 1. The lowest BCUT2D eigenvalue weighted by Gasteiger charge is -2.37. The Kier molecular flexibility index (Phi) is 7.37. The first-order chi connectivity index (χ1) is 14.4. The van der Waals surface area contributed by atoms with Gasteiger partial charge in [0.15, 0.2) is 0 Å². The highest BCUT2D eigenvalue weighted by Crippen LogP contribution is 2.34. The number of nitrogens with zero attached hydrogens (tertiary/aromatic N) is 2. The van der Waals surface area contributed by atoms with E-state index in [-0.39, 0.29) is 30.4 Å². The lowest BCUT2D eigenvalue weighted by molar-refractivity contribution is -0.143. The molecule has 3 rings (SSSR count). The topological polar surface area (TPSA) is 59.1 Å². The molecule has 2 heterocycles. The summed E-state index contributed by atoms with van der Waals surface area (Å²) in [6.45, 7) is 6.60. The van der Waals surface area contributed by atoms with Gasteiger partial charge in [-0.15, -0.1) is 11.3 Å². The molecule has 0 aliphatic carbocycles. The molecule has 0 saturated heterocycles. The van der Waals surface area contributed by atoms with Crippen LogP contribution in [0.3, 0.4) is 0 Å². The van der Waals surface area contributed by atoms with Crippen LogP contribution in [0.15, 0.2) is 35.7 Å². The summed E-state index contributed by atoms with van der Waals surface area (Å²) < 4.78 is 11.3. The van der Waals surface area contributed by atoms with Gasteiger partial charge in [-0.25, -0.2) is 0 Å².